The third-order valence-corrected chi connectivity index (χ3v) is 3.49. The molecule has 0 radical (unpaired) electrons. The van der Waals surface area contributed by atoms with Crippen LogP contribution in [0.3, 0.4) is 0 Å². The van der Waals surface area contributed by atoms with Gasteiger partial charge in [0.15, 0.2) is 5.76 Å². The number of ketones is 1. The summed E-state index contributed by atoms with van der Waals surface area (Å²) in [5.41, 5.74) is 0.694. The fourth-order valence-electron chi connectivity index (χ4n) is 2.28. The lowest BCUT2D eigenvalue weighted by Gasteiger charge is -2.19. The van der Waals surface area contributed by atoms with E-state index in [1.807, 2.05) is 0 Å². The van der Waals surface area contributed by atoms with Crippen LogP contribution in [0.2, 0.25) is 5.02 Å². The van der Waals surface area contributed by atoms with Crippen molar-refractivity contribution in [2.75, 3.05) is 13.2 Å². The summed E-state index contributed by atoms with van der Waals surface area (Å²) in [5.74, 6) is 0.361. The molecule has 1 fully saturated rings. The van der Waals surface area contributed by atoms with Gasteiger partial charge in [0, 0.05) is 22.9 Å². The van der Waals surface area contributed by atoms with Gasteiger partial charge >= 0.3 is 0 Å². The summed E-state index contributed by atoms with van der Waals surface area (Å²) in [6.45, 7) is 1.25. The molecule has 1 atom stereocenters. The van der Waals surface area contributed by atoms with E-state index in [1.165, 1.54) is 0 Å². The van der Waals surface area contributed by atoms with Crippen molar-refractivity contribution in [3.05, 3.63) is 35.0 Å². The second-order valence-corrected chi connectivity index (χ2v) is 5.01. The lowest BCUT2D eigenvalue weighted by molar-refractivity contribution is 0.0445. The minimum absolute atomic E-state index is 0.0297. The van der Waals surface area contributed by atoms with Gasteiger partial charge in [-0.1, -0.05) is 11.6 Å². The number of carbonyl (C=O) groups excluding carboxylic acids is 1. The Morgan fingerprint density at radius 1 is 1.33 bits per heavy atom. The van der Waals surface area contributed by atoms with E-state index in [-0.39, 0.29) is 11.7 Å². The van der Waals surface area contributed by atoms with Crippen LogP contribution in [-0.4, -0.2) is 19.0 Å². The van der Waals surface area contributed by atoms with E-state index < -0.39 is 0 Å². The molecule has 1 aromatic heterocycles. The third-order valence-electron chi connectivity index (χ3n) is 3.25. The van der Waals surface area contributed by atoms with E-state index in [1.54, 1.807) is 24.3 Å². The maximum Gasteiger partial charge on any atom is 0.203 e. The summed E-state index contributed by atoms with van der Waals surface area (Å²) in [7, 11) is 0. The largest absolute Gasteiger partial charge is 0.453 e. The number of halogens is 1. The third kappa shape index (κ3) is 2.16. The van der Waals surface area contributed by atoms with E-state index in [0.717, 1.165) is 24.8 Å². The van der Waals surface area contributed by atoms with Crippen LogP contribution in [0.15, 0.2) is 28.7 Å². The highest BCUT2D eigenvalue weighted by Crippen LogP contribution is 2.26. The normalized spacial score (nSPS) is 20.2. The summed E-state index contributed by atoms with van der Waals surface area (Å²) >= 11 is 5.91. The number of furan rings is 1. The van der Waals surface area contributed by atoms with Crippen molar-refractivity contribution in [2.45, 2.75) is 12.8 Å². The Morgan fingerprint density at radius 2 is 2.22 bits per heavy atom. The Morgan fingerprint density at radius 3 is 3.00 bits per heavy atom. The molecule has 0 spiro atoms. The summed E-state index contributed by atoms with van der Waals surface area (Å²) in [6, 6.07) is 7.10. The molecular formula is C14H13ClO3. The quantitative estimate of drug-likeness (QED) is 0.777. The molecule has 2 heterocycles. The maximum atomic E-state index is 12.2. The molecule has 1 aliphatic heterocycles. The molecule has 4 heteroatoms. The first-order valence-corrected chi connectivity index (χ1v) is 6.43. The van der Waals surface area contributed by atoms with Gasteiger partial charge in [-0.2, -0.15) is 0 Å². The van der Waals surface area contributed by atoms with Crippen molar-refractivity contribution in [1.29, 1.82) is 0 Å². The molecule has 1 aliphatic rings. The van der Waals surface area contributed by atoms with Gasteiger partial charge in [-0.25, -0.2) is 0 Å². The molecule has 1 aromatic carbocycles. The fraction of sp³-hybridized carbons (Fsp3) is 0.357. The minimum atomic E-state index is -0.0743. The van der Waals surface area contributed by atoms with Crippen molar-refractivity contribution in [1.82, 2.24) is 0 Å². The Bertz CT molecular complexity index is 582. The minimum Gasteiger partial charge on any atom is -0.453 e. The lowest BCUT2D eigenvalue weighted by atomic mass is 9.96. The summed E-state index contributed by atoms with van der Waals surface area (Å²) in [6.07, 6.45) is 1.80. The number of hydrogen-bond acceptors (Lipinski definition) is 3. The van der Waals surface area contributed by atoms with Crippen molar-refractivity contribution >= 4 is 28.4 Å². The van der Waals surface area contributed by atoms with E-state index in [0.29, 0.717) is 23.0 Å². The Balaban J connectivity index is 1.91. The smallest absolute Gasteiger partial charge is 0.203 e. The Kier molecular flexibility index (Phi) is 3.10. The second kappa shape index (κ2) is 4.75. The molecule has 2 aromatic rings. The first-order chi connectivity index (χ1) is 8.74. The van der Waals surface area contributed by atoms with Gasteiger partial charge < -0.3 is 9.15 Å². The van der Waals surface area contributed by atoms with Gasteiger partial charge in [0.2, 0.25) is 5.78 Å². The molecule has 0 saturated carbocycles. The van der Waals surface area contributed by atoms with E-state index in [4.69, 9.17) is 20.8 Å². The van der Waals surface area contributed by atoms with Crippen molar-refractivity contribution in [3.8, 4) is 0 Å². The molecule has 94 valence electrons. The zero-order valence-corrected chi connectivity index (χ0v) is 10.6. The molecule has 1 unspecified atom stereocenters. The molecule has 1 saturated heterocycles. The van der Waals surface area contributed by atoms with Gasteiger partial charge in [0.1, 0.15) is 5.58 Å². The van der Waals surface area contributed by atoms with Crippen LogP contribution in [0.5, 0.6) is 0 Å². The van der Waals surface area contributed by atoms with Gasteiger partial charge in [-0.05, 0) is 37.1 Å². The highest BCUT2D eigenvalue weighted by atomic mass is 35.5. The predicted octanol–water partition coefficient (Wildman–Crippen LogP) is 3.70. The van der Waals surface area contributed by atoms with E-state index >= 15 is 0 Å². The van der Waals surface area contributed by atoms with Crippen molar-refractivity contribution in [3.63, 3.8) is 0 Å². The number of carbonyl (C=O) groups is 1. The van der Waals surface area contributed by atoms with Crippen LogP contribution in [0.1, 0.15) is 23.4 Å². The standard InChI is InChI=1S/C14H13ClO3/c15-11-3-4-12-10(6-11)7-13(18-12)14(16)9-2-1-5-17-8-9/h3-4,6-7,9H,1-2,5,8H2. The number of rotatable bonds is 2. The SMILES string of the molecule is O=C(c1cc2cc(Cl)ccc2o1)C1CCCOC1. The van der Waals surface area contributed by atoms with Crippen LogP contribution < -0.4 is 0 Å². The second-order valence-electron chi connectivity index (χ2n) is 4.57. The first kappa shape index (κ1) is 11.8. The van der Waals surface area contributed by atoms with Crippen LogP contribution in [0, 0.1) is 5.92 Å². The Hall–Kier alpha value is -1.32. The molecular weight excluding hydrogens is 252 g/mol. The number of fused-ring (bicyclic) bond motifs is 1. The van der Waals surface area contributed by atoms with Crippen LogP contribution in [-0.2, 0) is 4.74 Å². The molecule has 0 aliphatic carbocycles. The Labute approximate surface area is 110 Å². The summed E-state index contributed by atoms with van der Waals surface area (Å²) < 4.78 is 10.9. The summed E-state index contributed by atoms with van der Waals surface area (Å²) in [4.78, 5) is 12.2. The van der Waals surface area contributed by atoms with Gasteiger partial charge in [-0.3, -0.25) is 4.79 Å². The van der Waals surface area contributed by atoms with E-state index in [9.17, 15) is 4.79 Å². The maximum absolute atomic E-state index is 12.2. The molecule has 18 heavy (non-hydrogen) atoms. The molecule has 0 N–H and O–H groups in total. The number of ether oxygens (including phenoxy) is 1. The topological polar surface area (TPSA) is 39.4 Å². The number of hydrogen-bond donors (Lipinski definition) is 0. The zero-order valence-electron chi connectivity index (χ0n) is 9.82. The molecule has 3 rings (SSSR count). The van der Waals surface area contributed by atoms with Gasteiger partial charge in [0.05, 0.1) is 6.61 Å². The van der Waals surface area contributed by atoms with Crippen LogP contribution in [0.4, 0.5) is 0 Å². The monoisotopic (exact) mass is 264 g/mol. The van der Waals surface area contributed by atoms with Crippen molar-refractivity contribution in [2.24, 2.45) is 5.92 Å². The van der Waals surface area contributed by atoms with Gasteiger partial charge in [0.25, 0.3) is 0 Å². The molecule has 0 amide bonds. The van der Waals surface area contributed by atoms with Gasteiger partial charge in [-0.15, -0.1) is 0 Å². The lowest BCUT2D eigenvalue weighted by Crippen LogP contribution is -2.24. The van der Waals surface area contributed by atoms with Crippen LogP contribution >= 0.6 is 11.6 Å². The van der Waals surface area contributed by atoms with Crippen molar-refractivity contribution < 1.29 is 13.9 Å². The van der Waals surface area contributed by atoms with Crippen LogP contribution in [0.25, 0.3) is 11.0 Å². The predicted molar refractivity (Wildman–Crippen MR) is 69.1 cm³/mol. The molecule has 3 nitrogen and oxygen atoms in total. The molecule has 0 bridgehead atoms. The number of benzene rings is 1. The average Bonchev–Trinajstić information content (AvgIpc) is 2.81. The summed E-state index contributed by atoms with van der Waals surface area (Å²) in [5, 5.41) is 1.51. The fourth-order valence-corrected chi connectivity index (χ4v) is 2.46. The average molecular weight is 265 g/mol. The highest BCUT2D eigenvalue weighted by Gasteiger charge is 2.25. The first-order valence-electron chi connectivity index (χ1n) is 6.05. The zero-order chi connectivity index (χ0) is 12.5. The van der Waals surface area contributed by atoms with E-state index in [2.05, 4.69) is 0 Å². The highest BCUT2D eigenvalue weighted by molar-refractivity contribution is 6.31. The number of Topliss-reactive ketones (excluding diaryl/α,β-unsaturated/α-hetero) is 1.